The number of carbonyl (C=O) groups excluding carboxylic acids is 1. The van der Waals surface area contributed by atoms with Gasteiger partial charge in [0.1, 0.15) is 11.6 Å². The number of aryl methyl sites for hydroxylation is 1. The van der Waals surface area contributed by atoms with Gasteiger partial charge in [0, 0.05) is 0 Å². The van der Waals surface area contributed by atoms with Gasteiger partial charge in [-0.2, -0.15) is 0 Å². The standard InChI is InChI=1S/C13H11ClFNO4S/c1-8-2-5-12(20-8)13(17)16-21(18,19)7-9-3-4-10(14)11(15)6-9/h2-6H,7H2,1H3,(H,16,17). The highest BCUT2D eigenvalue weighted by molar-refractivity contribution is 7.89. The van der Waals surface area contributed by atoms with Crippen molar-refractivity contribution >= 4 is 27.5 Å². The fourth-order valence-electron chi connectivity index (χ4n) is 1.63. The first-order valence-corrected chi connectivity index (χ1v) is 7.85. The molecule has 0 aliphatic heterocycles. The van der Waals surface area contributed by atoms with Gasteiger partial charge in [0.05, 0.1) is 10.8 Å². The van der Waals surface area contributed by atoms with Crippen molar-refractivity contribution in [1.82, 2.24) is 4.72 Å². The molecule has 0 saturated heterocycles. The van der Waals surface area contributed by atoms with E-state index >= 15 is 0 Å². The van der Waals surface area contributed by atoms with Crippen LogP contribution in [0.25, 0.3) is 0 Å². The molecule has 2 rings (SSSR count). The molecular formula is C13H11ClFNO4S. The van der Waals surface area contributed by atoms with Crippen molar-refractivity contribution in [2.45, 2.75) is 12.7 Å². The van der Waals surface area contributed by atoms with Gasteiger partial charge < -0.3 is 4.42 Å². The fourth-order valence-corrected chi connectivity index (χ4v) is 2.82. The predicted molar refractivity (Wildman–Crippen MR) is 74.9 cm³/mol. The Morgan fingerprint density at radius 1 is 1.33 bits per heavy atom. The molecule has 1 amide bonds. The van der Waals surface area contributed by atoms with Crippen LogP contribution in [-0.2, 0) is 15.8 Å². The maximum atomic E-state index is 13.3. The summed E-state index contributed by atoms with van der Waals surface area (Å²) in [5.74, 6) is -1.78. The van der Waals surface area contributed by atoms with Crippen molar-refractivity contribution in [1.29, 1.82) is 0 Å². The second-order valence-corrected chi connectivity index (χ2v) is 6.48. The summed E-state index contributed by atoms with van der Waals surface area (Å²) in [6.07, 6.45) is 0. The summed E-state index contributed by atoms with van der Waals surface area (Å²) >= 11 is 5.51. The SMILES string of the molecule is Cc1ccc(C(=O)NS(=O)(=O)Cc2ccc(Cl)c(F)c2)o1. The maximum absolute atomic E-state index is 13.3. The van der Waals surface area contributed by atoms with Crippen molar-refractivity contribution < 1.29 is 22.0 Å². The first kappa shape index (κ1) is 15.5. The average Bonchev–Trinajstić information content (AvgIpc) is 2.80. The van der Waals surface area contributed by atoms with Crippen LogP contribution in [0, 0.1) is 12.7 Å². The lowest BCUT2D eigenvalue weighted by molar-refractivity contribution is 0.0953. The normalized spacial score (nSPS) is 11.4. The number of rotatable bonds is 4. The average molecular weight is 332 g/mol. The van der Waals surface area contributed by atoms with E-state index in [9.17, 15) is 17.6 Å². The van der Waals surface area contributed by atoms with E-state index < -0.39 is 27.5 Å². The van der Waals surface area contributed by atoms with Crippen molar-refractivity contribution in [3.05, 3.63) is 58.3 Å². The topological polar surface area (TPSA) is 76.4 Å². The van der Waals surface area contributed by atoms with Gasteiger partial charge in [0.15, 0.2) is 5.76 Å². The third kappa shape index (κ3) is 4.05. The summed E-state index contributed by atoms with van der Waals surface area (Å²) in [6, 6.07) is 6.52. The smallest absolute Gasteiger partial charge is 0.300 e. The Hall–Kier alpha value is -1.86. The van der Waals surface area contributed by atoms with Gasteiger partial charge in [-0.15, -0.1) is 0 Å². The molecule has 2 aromatic rings. The zero-order valence-electron chi connectivity index (χ0n) is 10.9. The lowest BCUT2D eigenvalue weighted by atomic mass is 10.2. The molecule has 0 atom stereocenters. The minimum Gasteiger partial charge on any atom is -0.456 e. The number of amides is 1. The number of benzene rings is 1. The van der Waals surface area contributed by atoms with Crippen LogP contribution in [0.5, 0.6) is 0 Å². The number of hydrogen-bond donors (Lipinski definition) is 1. The van der Waals surface area contributed by atoms with E-state index in [0.29, 0.717) is 5.76 Å². The second kappa shape index (κ2) is 5.87. The molecule has 0 spiro atoms. The van der Waals surface area contributed by atoms with Crippen LogP contribution in [0.1, 0.15) is 21.9 Å². The Balaban J connectivity index is 2.11. The molecule has 0 bridgehead atoms. The highest BCUT2D eigenvalue weighted by Gasteiger charge is 2.19. The lowest BCUT2D eigenvalue weighted by Crippen LogP contribution is -2.31. The van der Waals surface area contributed by atoms with Gasteiger partial charge in [-0.05, 0) is 36.8 Å². The Morgan fingerprint density at radius 2 is 2.05 bits per heavy atom. The van der Waals surface area contributed by atoms with E-state index in [2.05, 4.69) is 0 Å². The number of hydrogen-bond acceptors (Lipinski definition) is 4. The molecule has 1 heterocycles. The number of furan rings is 1. The van der Waals surface area contributed by atoms with Crippen molar-refractivity contribution in [2.24, 2.45) is 0 Å². The monoisotopic (exact) mass is 331 g/mol. The van der Waals surface area contributed by atoms with Crippen molar-refractivity contribution in [2.75, 3.05) is 0 Å². The Kier molecular flexibility index (Phi) is 4.34. The van der Waals surface area contributed by atoms with Gasteiger partial charge >= 0.3 is 0 Å². The molecule has 1 N–H and O–H groups in total. The van der Waals surface area contributed by atoms with Gasteiger partial charge in [-0.1, -0.05) is 17.7 Å². The summed E-state index contributed by atoms with van der Waals surface area (Å²) in [6.45, 7) is 1.63. The van der Waals surface area contributed by atoms with Gasteiger partial charge in [-0.25, -0.2) is 17.5 Å². The third-order valence-corrected chi connectivity index (χ3v) is 4.07. The van der Waals surface area contributed by atoms with E-state index in [0.717, 1.165) is 6.07 Å². The van der Waals surface area contributed by atoms with Crippen LogP contribution in [0.3, 0.4) is 0 Å². The molecular weight excluding hydrogens is 321 g/mol. The molecule has 0 radical (unpaired) electrons. The molecule has 8 heteroatoms. The second-order valence-electron chi connectivity index (χ2n) is 4.35. The molecule has 112 valence electrons. The lowest BCUT2D eigenvalue weighted by Gasteiger charge is -2.06. The van der Waals surface area contributed by atoms with E-state index in [1.54, 1.807) is 6.92 Å². The zero-order chi connectivity index (χ0) is 15.6. The highest BCUT2D eigenvalue weighted by Crippen LogP contribution is 2.17. The Morgan fingerprint density at radius 3 is 2.62 bits per heavy atom. The van der Waals surface area contributed by atoms with E-state index in [1.807, 2.05) is 4.72 Å². The van der Waals surface area contributed by atoms with E-state index in [-0.39, 0.29) is 16.3 Å². The number of carbonyl (C=O) groups is 1. The summed E-state index contributed by atoms with van der Waals surface area (Å²) < 4.78 is 43.8. The fraction of sp³-hybridized carbons (Fsp3) is 0.154. The van der Waals surface area contributed by atoms with Gasteiger partial charge in [0.25, 0.3) is 5.91 Å². The Labute approximate surface area is 125 Å². The molecule has 21 heavy (non-hydrogen) atoms. The third-order valence-electron chi connectivity index (χ3n) is 2.55. The summed E-state index contributed by atoms with van der Waals surface area (Å²) in [4.78, 5) is 11.7. The van der Waals surface area contributed by atoms with Crippen molar-refractivity contribution in [3.63, 3.8) is 0 Å². The van der Waals surface area contributed by atoms with Crippen LogP contribution in [0.4, 0.5) is 4.39 Å². The minimum atomic E-state index is -3.97. The largest absolute Gasteiger partial charge is 0.456 e. The summed E-state index contributed by atoms with van der Waals surface area (Å²) in [7, 11) is -3.97. The first-order chi connectivity index (χ1) is 9.77. The molecule has 0 aliphatic rings. The quantitative estimate of drug-likeness (QED) is 0.934. The molecule has 0 unspecified atom stereocenters. The van der Waals surface area contributed by atoms with Crippen LogP contribution in [0.15, 0.2) is 34.7 Å². The van der Waals surface area contributed by atoms with Crippen LogP contribution < -0.4 is 4.72 Å². The zero-order valence-corrected chi connectivity index (χ0v) is 12.5. The highest BCUT2D eigenvalue weighted by atomic mass is 35.5. The molecule has 5 nitrogen and oxygen atoms in total. The van der Waals surface area contributed by atoms with Crippen LogP contribution in [0.2, 0.25) is 5.02 Å². The van der Waals surface area contributed by atoms with E-state index in [1.165, 1.54) is 24.3 Å². The minimum absolute atomic E-state index is 0.105. The van der Waals surface area contributed by atoms with Crippen LogP contribution in [-0.4, -0.2) is 14.3 Å². The van der Waals surface area contributed by atoms with Gasteiger partial charge in [0.2, 0.25) is 10.0 Å². The van der Waals surface area contributed by atoms with Crippen LogP contribution >= 0.6 is 11.6 Å². The molecule has 1 aromatic carbocycles. The van der Waals surface area contributed by atoms with Crippen molar-refractivity contribution in [3.8, 4) is 0 Å². The predicted octanol–water partition coefficient (Wildman–Crippen LogP) is 2.64. The maximum Gasteiger partial charge on any atom is 0.300 e. The molecule has 0 fully saturated rings. The molecule has 1 aromatic heterocycles. The number of halogens is 2. The molecule has 0 aliphatic carbocycles. The summed E-state index contributed by atoms with van der Waals surface area (Å²) in [5.41, 5.74) is 0.174. The number of sulfonamides is 1. The Bertz CT molecular complexity index is 785. The molecule has 0 saturated carbocycles. The first-order valence-electron chi connectivity index (χ1n) is 5.82. The number of nitrogens with one attached hydrogen (secondary N) is 1. The summed E-state index contributed by atoms with van der Waals surface area (Å²) in [5, 5.41) is -0.105. The van der Waals surface area contributed by atoms with Gasteiger partial charge in [-0.3, -0.25) is 4.79 Å². The van der Waals surface area contributed by atoms with E-state index in [4.69, 9.17) is 16.0 Å².